The van der Waals surface area contributed by atoms with E-state index in [-0.39, 0.29) is 29.7 Å². The second-order valence-electron chi connectivity index (χ2n) is 7.58. The molecule has 0 spiro atoms. The fourth-order valence-electron chi connectivity index (χ4n) is 3.59. The molecular formula is C20H28ClN5O4S. The molecule has 2 aromatic heterocycles. The van der Waals surface area contributed by atoms with Crippen LogP contribution in [0.15, 0.2) is 15.5 Å². The Morgan fingerprint density at radius 3 is 2.42 bits per heavy atom. The Hall–Kier alpha value is -2.17. The van der Waals surface area contributed by atoms with E-state index in [1.165, 1.54) is 10.4 Å². The third kappa shape index (κ3) is 4.86. The maximum Gasteiger partial charge on any atom is 0.248 e. The Bertz CT molecular complexity index is 1060. The Balaban J connectivity index is 1.64. The fourth-order valence-corrected chi connectivity index (χ4v) is 5.63. The molecule has 0 aliphatic carbocycles. The van der Waals surface area contributed by atoms with E-state index >= 15 is 0 Å². The molecular weight excluding hydrogens is 442 g/mol. The van der Waals surface area contributed by atoms with Gasteiger partial charge in [0.05, 0.1) is 5.69 Å². The van der Waals surface area contributed by atoms with E-state index in [1.807, 2.05) is 6.92 Å². The first-order chi connectivity index (χ1) is 14.7. The molecule has 0 N–H and O–H groups in total. The Kier molecular flexibility index (Phi) is 7.23. The van der Waals surface area contributed by atoms with Gasteiger partial charge in [-0.3, -0.25) is 9.48 Å². The lowest BCUT2D eigenvalue weighted by Crippen LogP contribution is -2.50. The monoisotopic (exact) mass is 469 g/mol. The molecule has 2 aromatic rings. The standard InChI is InChI=1S/C20H28ClN5O4S/c1-5-6-9-26-20(21)17(14(2)22-26)7-8-18(27)24-10-12-25(13-11-24)31(28,29)19-15(3)23-30-16(19)4/h7-8H,5-6,9-13H2,1-4H3/b8-7+. The molecule has 9 nitrogen and oxygen atoms in total. The highest BCUT2D eigenvalue weighted by Crippen LogP contribution is 2.25. The molecule has 0 unspecified atom stereocenters. The highest BCUT2D eigenvalue weighted by Gasteiger charge is 2.33. The molecule has 0 aromatic carbocycles. The van der Waals surface area contributed by atoms with Gasteiger partial charge in [-0.05, 0) is 33.3 Å². The molecule has 0 radical (unpaired) electrons. The van der Waals surface area contributed by atoms with E-state index in [0.717, 1.165) is 30.6 Å². The van der Waals surface area contributed by atoms with Gasteiger partial charge in [0.1, 0.15) is 15.7 Å². The number of aryl methyl sites for hydroxylation is 4. The smallest absolute Gasteiger partial charge is 0.248 e. The third-order valence-corrected chi connectivity index (χ3v) is 7.88. The quantitative estimate of drug-likeness (QED) is 0.578. The number of sulfonamides is 1. The summed E-state index contributed by atoms with van der Waals surface area (Å²) in [6.07, 6.45) is 5.17. The van der Waals surface area contributed by atoms with Crippen LogP contribution in [0.1, 0.15) is 42.5 Å². The number of amides is 1. The van der Waals surface area contributed by atoms with Crippen LogP contribution in [0.4, 0.5) is 0 Å². The maximum atomic E-state index is 12.9. The van der Waals surface area contributed by atoms with E-state index in [0.29, 0.717) is 23.9 Å². The van der Waals surface area contributed by atoms with Crippen LogP contribution in [0.2, 0.25) is 5.15 Å². The van der Waals surface area contributed by atoms with E-state index in [1.54, 1.807) is 29.5 Å². The maximum absolute atomic E-state index is 12.9. The molecule has 170 valence electrons. The van der Waals surface area contributed by atoms with Crippen molar-refractivity contribution in [1.29, 1.82) is 0 Å². The molecule has 3 heterocycles. The molecule has 3 rings (SSSR count). The number of unbranched alkanes of at least 4 members (excludes halogenated alkanes) is 1. The van der Waals surface area contributed by atoms with Crippen molar-refractivity contribution >= 4 is 33.6 Å². The summed E-state index contributed by atoms with van der Waals surface area (Å²) in [5.41, 5.74) is 1.83. The van der Waals surface area contributed by atoms with E-state index in [4.69, 9.17) is 16.1 Å². The van der Waals surface area contributed by atoms with Crippen LogP contribution in [-0.4, -0.2) is 64.6 Å². The van der Waals surface area contributed by atoms with Crippen molar-refractivity contribution < 1.29 is 17.7 Å². The normalized spacial score (nSPS) is 15.8. The minimum atomic E-state index is -3.71. The number of carbonyl (C=O) groups excluding carboxylic acids is 1. The van der Waals surface area contributed by atoms with Crippen LogP contribution in [-0.2, 0) is 21.4 Å². The summed E-state index contributed by atoms with van der Waals surface area (Å²) >= 11 is 6.42. The first-order valence-electron chi connectivity index (χ1n) is 10.3. The van der Waals surface area contributed by atoms with Crippen LogP contribution >= 0.6 is 11.6 Å². The SMILES string of the molecule is CCCCn1nc(C)c(/C=C/C(=O)N2CCN(S(=O)(=O)c3c(C)noc3C)CC2)c1Cl. The minimum absolute atomic E-state index is 0.109. The number of halogens is 1. The van der Waals surface area contributed by atoms with Gasteiger partial charge in [0.15, 0.2) is 5.76 Å². The molecule has 1 aliphatic heterocycles. The number of rotatable bonds is 7. The van der Waals surface area contributed by atoms with Crippen LogP contribution in [0.5, 0.6) is 0 Å². The van der Waals surface area contributed by atoms with Gasteiger partial charge in [0.2, 0.25) is 15.9 Å². The van der Waals surface area contributed by atoms with Crippen LogP contribution < -0.4 is 0 Å². The van der Waals surface area contributed by atoms with Crippen molar-refractivity contribution in [3.63, 3.8) is 0 Å². The first kappa shape index (κ1) is 23.5. The second-order valence-corrected chi connectivity index (χ2v) is 9.82. The average molecular weight is 470 g/mol. The van der Waals surface area contributed by atoms with Crippen molar-refractivity contribution in [1.82, 2.24) is 24.1 Å². The average Bonchev–Trinajstić information content (AvgIpc) is 3.22. The zero-order chi connectivity index (χ0) is 22.8. The predicted molar refractivity (Wildman–Crippen MR) is 117 cm³/mol. The molecule has 1 aliphatic rings. The van der Waals surface area contributed by atoms with Crippen molar-refractivity contribution in [2.24, 2.45) is 0 Å². The Labute approximate surface area is 187 Å². The lowest BCUT2D eigenvalue weighted by Gasteiger charge is -2.33. The van der Waals surface area contributed by atoms with E-state index in [2.05, 4.69) is 17.2 Å². The van der Waals surface area contributed by atoms with Crippen LogP contribution in [0.3, 0.4) is 0 Å². The minimum Gasteiger partial charge on any atom is -0.360 e. The third-order valence-electron chi connectivity index (χ3n) is 5.34. The van der Waals surface area contributed by atoms with Crippen molar-refractivity contribution in [2.45, 2.75) is 52.0 Å². The molecule has 1 fully saturated rings. The highest BCUT2D eigenvalue weighted by molar-refractivity contribution is 7.89. The van der Waals surface area contributed by atoms with E-state index in [9.17, 15) is 13.2 Å². The largest absolute Gasteiger partial charge is 0.360 e. The number of hydrogen-bond acceptors (Lipinski definition) is 6. The second kappa shape index (κ2) is 9.54. The lowest BCUT2D eigenvalue weighted by molar-refractivity contribution is -0.127. The van der Waals surface area contributed by atoms with Crippen LogP contribution in [0, 0.1) is 20.8 Å². The van der Waals surface area contributed by atoms with Crippen molar-refractivity contribution in [3.8, 4) is 0 Å². The number of piperazine rings is 1. The number of aromatic nitrogens is 3. The van der Waals surface area contributed by atoms with Gasteiger partial charge in [-0.1, -0.05) is 30.1 Å². The van der Waals surface area contributed by atoms with Gasteiger partial charge in [0, 0.05) is 44.4 Å². The molecule has 1 amide bonds. The predicted octanol–water partition coefficient (Wildman–Crippen LogP) is 2.80. The van der Waals surface area contributed by atoms with Gasteiger partial charge < -0.3 is 9.42 Å². The van der Waals surface area contributed by atoms with Crippen LogP contribution in [0.25, 0.3) is 6.08 Å². The first-order valence-corrected chi connectivity index (χ1v) is 12.1. The number of hydrogen-bond donors (Lipinski definition) is 0. The fraction of sp³-hybridized carbons (Fsp3) is 0.550. The molecule has 11 heteroatoms. The van der Waals surface area contributed by atoms with Crippen molar-refractivity contribution in [2.75, 3.05) is 26.2 Å². The summed E-state index contributed by atoms with van der Waals surface area (Å²) in [6.45, 7) is 8.89. The topological polar surface area (TPSA) is 102 Å². The Morgan fingerprint density at radius 1 is 1.16 bits per heavy atom. The summed E-state index contributed by atoms with van der Waals surface area (Å²) in [5, 5.41) is 8.69. The summed E-state index contributed by atoms with van der Waals surface area (Å²) < 4.78 is 33.9. The Morgan fingerprint density at radius 2 is 1.84 bits per heavy atom. The summed E-state index contributed by atoms with van der Waals surface area (Å²) in [5.74, 6) is 0.0804. The van der Waals surface area contributed by atoms with Gasteiger partial charge in [0.25, 0.3) is 0 Å². The molecule has 0 bridgehead atoms. The number of carbonyl (C=O) groups is 1. The molecule has 1 saturated heterocycles. The highest BCUT2D eigenvalue weighted by atomic mass is 35.5. The number of nitrogens with zero attached hydrogens (tertiary/aromatic N) is 5. The van der Waals surface area contributed by atoms with Gasteiger partial charge in [-0.25, -0.2) is 8.42 Å². The van der Waals surface area contributed by atoms with Gasteiger partial charge >= 0.3 is 0 Å². The molecule has 0 atom stereocenters. The summed E-state index contributed by atoms with van der Waals surface area (Å²) in [7, 11) is -3.71. The van der Waals surface area contributed by atoms with Gasteiger partial charge in [-0.15, -0.1) is 0 Å². The summed E-state index contributed by atoms with van der Waals surface area (Å²) in [6, 6.07) is 0. The zero-order valence-electron chi connectivity index (χ0n) is 18.3. The van der Waals surface area contributed by atoms with Gasteiger partial charge in [-0.2, -0.15) is 9.40 Å². The molecule has 0 saturated carbocycles. The zero-order valence-corrected chi connectivity index (χ0v) is 19.8. The summed E-state index contributed by atoms with van der Waals surface area (Å²) in [4.78, 5) is 14.4. The lowest BCUT2D eigenvalue weighted by atomic mass is 10.2. The van der Waals surface area contributed by atoms with Crippen molar-refractivity contribution in [3.05, 3.63) is 33.9 Å². The molecule has 31 heavy (non-hydrogen) atoms. The van der Waals surface area contributed by atoms with E-state index < -0.39 is 10.0 Å².